The van der Waals surface area contributed by atoms with Gasteiger partial charge in [-0.1, -0.05) is 24.8 Å². The van der Waals surface area contributed by atoms with Gasteiger partial charge in [0.05, 0.1) is 11.7 Å². The normalized spacial score (nSPS) is 10.1. The van der Waals surface area contributed by atoms with Crippen molar-refractivity contribution in [1.82, 2.24) is 15.0 Å². The lowest BCUT2D eigenvalue weighted by molar-refractivity contribution is -0.111. The zero-order valence-electron chi connectivity index (χ0n) is 15.9. The smallest absolute Gasteiger partial charge is 0.257 e. The molecule has 4 aromatic rings. The Balaban J connectivity index is 1.55. The maximum absolute atomic E-state index is 11.7. The molecule has 0 radical (unpaired) electrons. The van der Waals surface area contributed by atoms with E-state index in [1.165, 1.54) is 12.4 Å². The quantitative estimate of drug-likeness (QED) is 0.359. The van der Waals surface area contributed by atoms with Gasteiger partial charge in [0.25, 0.3) is 5.91 Å². The average molecular weight is 395 g/mol. The first-order chi connectivity index (χ1) is 14.7. The summed E-state index contributed by atoms with van der Waals surface area (Å²) in [6.07, 6.45) is 4.23. The van der Waals surface area contributed by atoms with Crippen molar-refractivity contribution in [2.45, 2.75) is 0 Å². The standard InChI is InChI=1S/C23H17N5O2/c1-2-6-22(29)28-21-13-19-20(14-24-21)25-15-26-23(19)27-16-9-11-18(12-10-16)30-17-7-4-3-5-8-17/h3-15H,1H2,(H,24,28,29)(H,25,26,27). The van der Waals surface area contributed by atoms with Crippen molar-refractivity contribution in [2.75, 3.05) is 10.6 Å². The number of pyridine rings is 1. The molecule has 0 aliphatic carbocycles. The molecule has 0 fully saturated rings. The highest BCUT2D eigenvalue weighted by atomic mass is 16.5. The minimum Gasteiger partial charge on any atom is -0.457 e. The summed E-state index contributed by atoms with van der Waals surface area (Å²) in [7, 11) is 0. The summed E-state index contributed by atoms with van der Waals surface area (Å²) in [5.41, 5.74) is 3.90. The second kappa shape index (κ2) is 8.68. The van der Waals surface area contributed by atoms with Crippen LogP contribution in [-0.2, 0) is 4.79 Å². The largest absolute Gasteiger partial charge is 0.457 e. The number of aromatic nitrogens is 3. The number of hydrogen-bond donors (Lipinski definition) is 2. The Morgan fingerprint density at radius 2 is 1.77 bits per heavy atom. The molecule has 0 atom stereocenters. The van der Waals surface area contributed by atoms with E-state index in [2.05, 4.69) is 37.9 Å². The molecule has 30 heavy (non-hydrogen) atoms. The number of carbonyl (C=O) groups excluding carboxylic acids is 1. The summed E-state index contributed by atoms with van der Waals surface area (Å²) < 4.78 is 5.81. The third kappa shape index (κ3) is 4.49. The molecule has 2 aromatic heterocycles. The number of nitrogens with zero attached hydrogens (tertiary/aromatic N) is 3. The summed E-state index contributed by atoms with van der Waals surface area (Å²) in [4.78, 5) is 24.5. The first kappa shape index (κ1) is 18.9. The molecular formula is C23H17N5O2. The van der Waals surface area contributed by atoms with Crippen molar-refractivity contribution in [3.63, 3.8) is 0 Å². The molecule has 2 N–H and O–H groups in total. The summed E-state index contributed by atoms with van der Waals surface area (Å²) in [5.74, 6) is 2.10. The number of para-hydroxylation sites is 1. The Morgan fingerprint density at radius 1 is 1.00 bits per heavy atom. The van der Waals surface area contributed by atoms with Gasteiger partial charge in [-0.25, -0.2) is 15.0 Å². The first-order valence-electron chi connectivity index (χ1n) is 9.09. The number of anilines is 3. The Bertz CT molecular complexity index is 1230. The highest BCUT2D eigenvalue weighted by Gasteiger charge is 2.08. The van der Waals surface area contributed by atoms with Gasteiger partial charge in [-0.15, -0.1) is 5.73 Å². The molecule has 2 heterocycles. The van der Waals surface area contributed by atoms with Gasteiger partial charge in [-0.05, 0) is 42.5 Å². The Morgan fingerprint density at radius 3 is 2.53 bits per heavy atom. The molecule has 2 aromatic carbocycles. The maximum atomic E-state index is 11.7. The van der Waals surface area contributed by atoms with Crippen LogP contribution in [-0.4, -0.2) is 20.9 Å². The molecule has 1 amide bonds. The lowest BCUT2D eigenvalue weighted by Crippen LogP contribution is -2.09. The molecular weight excluding hydrogens is 378 g/mol. The van der Waals surface area contributed by atoms with Crippen LogP contribution >= 0.6 is 0 Å². The molecule has 7 heteroatoms. The summed E-state index contributed by atoms with van der Waals surface area (Å²) in [5, 5.41) is 6.63. The van der Waals surface area contributed by atoms with Crippen LogP contribution in [0.2, 0.25) is 0 Å². The molecule has 0 bridgehead atoms. The van der Waals surface area contributed by atoms with Crippen molar-refractivity contribution in [3.05, 3.63) is 91.6 Å². The van der Waals surface area contributed by atoms with E-state index in [9.17, 15) is 4.79 Å². The van der Waals surface area contributed by atoms with Gasteiger partial charge >= 0.3 is 0 Å². The van der Waals surface area contributed by atoms with Crippen LogP contribution in [0.3, 0.4) is 0 Å². The van der Waals surface area contributed by atoms with Crippen LogP contribution in [0, 0.1) is 0 Å². The molecule has 0 unspecified atom stereocenters. The lowest BCUT2D eigenvalue weighted by atomic mass is 10.2. The highest BCUT2D eigenvalue weighted by Crippen LogP contribution is 2.27. The number of ether oxygens (including phenoxy) is 1. The minimum atomic E-state index is -0.364. The minimum absolute atomic E-state index is 0.364. The van der Waals surface area contributed by atoms with Gasteiger partial charge in [-0.3, -0.25) is 4.79 Å². The van der Waals surface area contributed by atoms with Crippen LogP contribution in [0.15, 0.2) is 91.6 Å². The fraction of sp³-hybridized carbons (Fsp3) is 0. The number of amides is 1. The second-order valence-corrected chi connectivity index (χ2v) is 6.21. The van der Waals surface area contributed by atoms with Crippen LogP contribution in [0.4, 0.5) is 17.3 Å². The molecule has 146 valence electrons. The van der Waals surface area contributed by atoms with E-state index in [1.807, 2.05) is 54.6 Å². The fourth-order valence-corrected chi connectivity index (χ4v) is 2.75. The fourth-order valence-electron chi connectivity index (χ4n) is 2.75. The van der Waals surface area contributed by atoms with Crippen molar-refractivity contribution >= 4 is 34.1 Å². The van der Waals surface area contributed by atoms with Gasteiger partial charge in [0, 0.05) is 17.1 Å². The Hall–Kier alpha value is -4.48. The van der Waals surface area contributed by atoms with Crippen molar-refractivity contribution in [2.24, 2.45) is 0 Å². The molecule has 0 saturated carbocycles. The van der Waals surface area contributed by atoms with Crippen molar-refractivity contribution < 1.29 is 9.53 Å². The van der Waals surface area contributed by atoms with Gasteiger partial charge in [-0.2, -0.15) is 0 Å². The predicted octanol–water partition coefficient (Wildman–Crippen LogP) is 4.84. The Kier molecular flexibility index (Phi) is 5.46. The zero-order valence-corrected chi connectivity index (χ0v) is 15.9. The van der Waals surface area contributed by atoms with Crippen LogP contribution in [0.5, 0.6) is 11.5 Å². The van der Waals surface area contributed by atoms with E-state index in [0.717, 1.165) is 22.6 Å². The van der Waals surface area contributed by atoms with E-state index < -0.39 is 0 Å². The molecule has 0 saturated heterocycles. The lowest BCUT2D eigenvalue weighted by Gasteiger charge is -2.10. The zero-order chi connectivity index (χ0) is 20.8. The third-order valence-electron chi connectivity index (χ3n) is 4.10. The molecule has 0 aliphatic rings. The van der Waals surface area contributed by atoms with E-state index in [-0.39, 0.29) is 5.91 Å². The predicted molar refractivity (Wildman–Crippen MR) is 116 cm³/mol. The van der Waals surface area contributed by atoms with Crippen molar-refractivity contribution in [3.8, 4) is 11.5 Å². The molecule has 7 nitrogen and oxygen atoms in total. The van der Waals surface area contributed by atoms with Crippen molar-refractivity contribution in [1.29, 1.82) is 0 Å². The number of nitrogens with one attached hydrogen (secondary N) is 2. The second-order valence-electron chi connectivity index (χ2n) is 6.21. The van der Waals surface area contributed by atoms with Gasteiger partial charge in [0.2, 0.25) is 0 Å². The molecule has 0 aliphatic heterocycles. The monoisotopic (exact) mass is 395 g/mol. The van der Waals surface area contributed by atoms with Gasteiger partial charge in [0.15, 0.2) is 0 Å². The van der Waals surface area contributed by atoms with Gasteiger partial charge < -0.3 is 15.4 Å². The number of fused-ring (bicyclic) bond motifs is 1. The summed E-state index contributed by atoms with van der Waals surface area (Å²) in [6, 6.07) is 18.8. The number of benzene rings is 2. The molecule has 0 spiro atoms. The molecule has 4 rings (SSSR count). The van der Waals surface area contributed by atoms with E-state index >= 15 is 0 Å². The number of hydrogen-bond acceptors (Lipinski definition) is 6. The summed E-state index contributed by atoms with van der Waals surface area (Å²) in [6.45, 7) is 3.38. The van der Waals surface area contributed by atoms with E-state index in [0.29, 0.717) is 17.2 Å². The first-order valence-corrected chi connectivity index (χ1v) is 9.09. The number of carbonyl (C=O) groups is 1. The maximum Gasteiger partial charge on any atom is 0.257 e. The highest BCUT2D eigenvalue weighted by molar-refractivity contribution is 6.00. The van der Waals surface area contributed by atoms with Crippen LogP contribution in [0.25, 0.3) is 10.9 Å². The third-order valence-corrected chi connectivity index (χ3v) is 4.10. The Labute approximate surface area is 172 Å². The average Bonchev–Trinajstić information content (AvgIpc) is 2.76. The van der Waals surface area contributed by atoms with Crippen LogP contribution in [0.1, 0.15) is 0 Å². The topological polar surface area (TPSA) is 89.0 Å². The summed E-state index contributed by atoms with van der Waals surface area (Å²) >= 11 is 0. The number of rotatable bonds is 6. The SMILES string of the molecule is C=C=CC(=O)Nc1cc2c(Nc3ccc(Oc4ccccc4)cc3)ncnc2cn1. The van der Waals surface area contributed by atoms with Crippen LogP contribution < -0.4 is 15.4 Å². The van der Waals surface area contributed by atoms with E-state index in [4.69, 9.17) is 4.74 Å². The van der Waals surface area contributed by atoms with E-state index in [1.54, 1.807) is 12.3 Å². The van der Waals surface area contributed by atoms with Gasteiger partial charge in [0.1, 0.15) is 29.5 Å².